The van der Waals surface area contributed by atoms with Crippen molar-refractivity contribution in [2.45, 2.75) is 51.6 Å². The topological polar surface area (TPSA) is 96.5 Å². The molecule has 7 heteroatoms. The van der Waals surface area contributed by atoms with Crippen molar-refractivity contribution in [3.05, 3.63) is 71.8 Å². The van der Waals surface area contributed by atoms with Crippen LogP contribution in [0.5, 0.6) is 0 Å². The molecule has 0 radical (unpaired) electrons. The molecule has 3 aromatic rings. The Kier molecular flexibility index (Phi) is 6.59. The monoisotopic (exact) mass is 468 g/mol. The van der Waals surface area contributed by atoms with Crippen molar-refractivity contribution in [3.63, 3.8) is 0 Å². The van der Waals surface area contributed by atoms with Gasteiger partial charge in [0.15, 0.2) is 0 Å². The van der Waals surface area contributed by atoms with Gasteiger partial charge in [-0.1, -0.05) is 25.5 Å². The third-order valence-corrected chi connectivity index (χ3v) is 7.08. The van der Waals surface area contributed by atoms with Gasteiger partial charge in [0.25, 0.3) is 5.91 Å². The second kappa shape index (κ2) is 9.96. The summed E-state index contributed by atoms with van der Waals surface area (Å²) in [5.74, 6) is -0.0104. The Morgan fingerprint density at radius 1 is 1.03 bits per heavy atom. The summed E-state index contributed by atoms with van der Waals surface area (Å²) in [4.78, 5) is 29.4. The first-order valence-electron chi connectivity index (χ1n) is 12.4. The third kappa shape index (κ3) is 5.10. The molecule has 180 valence electrons. The van der Waals surface area contributed by atoms with Gasteiger partial charge in [-0.15, -0.1) is 0 Å². The number of pyridine rings is 2. The molecule has 4 heterocycles. The highest BCUT2D eigenvalue weighted by Crippen LogP contribution is 2.34. The lowest BCUT2D eigenvalue weighted by atomic mass is 9.84. The van der Waals surface area contributed by atoms with Gasteiger partial charge in [0, 0.05) is 36.0 Å². The van der Waals surface area contributed by atoms with E-state index in [0.29, 0.717) is 17.1 Å². The molecule has 0 saturated carbocycles. The van der Waals surface area contributed by atoms with Crippen molar-refractivity contribution in [1.29, 1.82) is 0 Å². The first-order chi connectivity index (χ1) is 17.0. The smallest absolute Gasteiger partial charge is 0.274 e. The molecular weight excluding hydrogens is 436 g/mol. The fourth-order valence-corrected chi connectivity index (χ4v) is 4.91. The second-order valence-electron chi connectivity index (χ2n) is 9.65. The molecule has 1 amide bonds. The minimum atomic E-state index is -0.224. The molecule has 3 N–H and O–H groups in total. The number of carbonyl (C=O) groups is 1. The van der Waals surface area contributed by atoms with Crippen molar-refractivity contribution < 1.29 is 4.79 Å². The number of nitrogen functional groups attached to an aromatic ring is 1. The molecule has 35 heavy (non-hydrogen) atoms. The number of piperidine rings is 1. The maximum atomic E-state index is 13.4. The number of nitrogens with zero attached hydrogens (tertiary/aromatic N) is 4. The van der Waals surface area contributed by atoms with Crippen LogP contribution < -0.4 is 11.1 Å². The maximum absolute atomic E-state index is 13.4. The van der Waals surface area contributed by atoms with Gasteiger partial charge in [0.1, 0.15) is 5.71 Å². The van der Waals surface area contributed by atoms with Crippen molar-refractivity contribution in [3.8, 4) is 11.1 Å². The Hall–Kier alpha value is -3.58. The van der Waals surface area contributed by atoms with Gasteiger partial charge >= 0.3 is 0 Å². The maximum Gasteiger partial charge on any atom is 0.274 e. The average Bonchev–Trinajstić information content (AvgIpc) is 2.87. The number of aromatic nitrogens is 2. The number of fused-ring (bicyclic) bond motifs is 1. The van der Waals surface area contributed by atoms with E-state index in [9.17, 15) is 4.79 Å². The summed E-state index contributed by atoms with van der Waals surface area (Å²) in [5, 5.41) is 3.01. The second-order valence-corrected chi connectivity index (χ2v) is 9.65. The lowest BCUT2D eigenvalue weighted by Gasteiger charge is -2.27. The molecule has 2 aliphatic heterocycles. The van der Waals surface area contributed by atoms with Crippen LogP contribution in [0.2, 0.25) is 0 Å². The predicted molar refractivity (Wildman–Crippen MR) is 140 cm³/mol. The van der Waals surface area contributed by atoms with Crippen LogP contribution in [0.3, 0.4) is 0 Å². The molecule has 2 atom stereocenters. The highest BCUT2D eigenvalue weighted by Gasteiger charge is 2.29. The fourth-order valence-electron chi connectivity index (χ4n) is 4.91. The number of benzene rings is 1. The largest absolute Gasteiger partial charge is 0.397 e. The standard InChI is InChI=1S/C28H32N6O/c1-18-19(2)32-27(26-13-20(6-9-25(18)26)21-12-22(29)15-30-14-21)28(35)33-23-7-8-24(31-16-23)17-34-10-4-3-5-11-34/h6-9,12-16,18-19H,3-5,10-11,17,29H2,1-2H3,(H,33,35). The van der Waals surface area contributed by atoms with E-state index in [-0.39, 0.29) is 17.9 Å². The minimum Gasteiger partial charge on any atom is -0.397 e. The molecule has 5 rings (SSSR count). The molecule has 2 aliphatic rings. The highest BCUT2D eigenvalue weighted by molar-refractivity contribution is 6.49. The Labute approximate surface area is 206 Å². The lowest BCUT2D eigenvalue weighted by Crippen LogP contribution is -2.31. The molecule has 0 aliphatic carbocycles. The Morgan fingerprint density at radius 3 is 2.60 bits per heavy atom. The first kappa shape index (κ1) is 23.2. The number of aliphatic imine (C=N–C) groups is 1. The first-order valence-corrected chi connectivity index (χ1v) is 12.4. The fraction of sp³-hybridized carbons (Fsp3) is 0.357. The van der Waals surface area contributed by atoms with Crippen molar-refractivity contribution in [1.82, 2.24) is 14.9 Å². The van der Waals surface area contributed by atoms with Crippen LogP contribution in [0.4, 0.5) is 11.4 Å². The van der Waals surface area contributed by atoms with Crippen LogP contribution in [-0.2, 0) is 11.3 Å². The van der Waals surface area contributed by atoms with Crippen LogP contribution in [0.25, 0.3) is 11.1 Å². The number of hydrogen-bond donors (Lipinski definition) is 2. The number of carbonyl (C=O) groups excluding carboxylic acids is 1. The molecule has 2 aromatic heterocycles. The van der Waals surface area contributed by atoms with Crippen molar-refractivity contribution in [2.75, 3.05) is 24.1 Å². The number of amides is 1. The van der Waals surface area contributed by atoms with E-state index in [2.05, 4.69) is 39.2 Å². The molecular formula is C28H32N6O. The van der Waals surface area contributed by atoms with E-state index in [1.54, 1.807) is 18.6 Å². The Balaban J connectivity index is 1.37. The zero-order chi connectivity index (χ0) is 24.4. The van der Waals surface area contributed by atoms with Crippen LogP contribution in [-0.4, -0.2) is 45.6 Å². The number of nitrogens with two attached hydrogens (primary N) is 1. The summed E-state index contributed by atoms with van der Waals surface area (Å²) >= 11 is 0. The molecule has 2 unspecified atom stereocenters. The van der Waals surface area contributed by atoms with E-state index >= 15 is 0 Å². The normalized spacial score (nSPS) is 20.1. The van der Waals surface area contributed by atoms with Crippen LogP contribution in [0, 0.1) is 0 Å². The van der Waals surface area contributed by atoms with Crippen LogP contribution >= 0.6 is 0 Å². The summed E-state index contributed by atoms with van der Waals surface area (Å²) < 4.78 is 0. The van der Waals surface area contributed by atoms with Crippen molar-refractivity contribution in [2.24, 2.45) is 4.99 Å². The molecule has 0 spiro atoms. The van der Waals surface area contributed by atoms with Gasteiger partial charge in [-0.2, -0.15) is 0 Å². The van der Waals surface area contributed by atoms with E-state index in [4.69, 9.17) is 10.7 Å². The quantitative estimate of drug-likeness (QED) is 0.568. The van der Waals surface area contributed by atoms with E-state index < -0.39 is 0 Å². The molecule has 1 fully saturated rings. The van der Waals surface area contributed by atoms with Gasteiger partial charge in [-0.25, -0.2) is 0 Å². The molecule has 1 saturated heterocycles. The van der Waals surface area contributed by atoms with Crippen LogP contribution in [0.1, 0.15) is 55.8 Å². The van der Waals surface area contributed by atoms with E-state index in [0.717, 1.165) is 47.6 Å². The summed E-state index contributed by atoms with van der Waals surface area (Å²) in [5.41, 5.74) is 12.5. The van der Waals surface area contributed by atoms with Gasteiger partial charge in [0.2, 0.25) is 0 Å². The zero-order valence-corrected chi connectivity index (χ0v) is 20.4. The lowest BCUT2D eigenvalue weighted by molar-refractivity contribution is -0.110. The summed E-state index contributed by atoms with van der Waals surface area (Å²) in [6.45, 7) is 7.31. The molecule has 0 bridgehead atoms. The van der Waals surface area contributed by atoms with Crippen molar-refractivity contribution >= 4 is 23.0 Å². The third-order valence-electron chi connectivity index (χ3n) is 7.08. The minimum absolute atomic E-state index is 0.00757. The number of rotatable bonds is 5. The predicted octanol–water partition coefficient (Wildman–Crippen LogP) is 4.65. The van der Waals surface area contributed by atoms with E-state index in [1.165, 1.54) is 19.3 Å². The van der Waals surface area contributed by atoms with Gasteiger partial charge < -0.3 is 11.1 Å². The number of hydrogen-bond acceptors (Lipinski definition) is 6. The average molecular weight is 469 g/mol. The summed E-state index contributed by atoms with van der Waals surface area (Å²) in [6.07, 6.45) is 8.97. The molecule has 7 nitrogen and oxygen atoms in total. The highest BCUT2D eigenvalue weighted by atomic mass is 16.1. The Morgan fingerprint density at radius 2 is 1.86 bits per heavy atom. The Bertz CT molecular complexity index is 1250. The molecule has 1 aromatic carbocycles. The number of nitrogens with one attached hydrogen (secondary N) is 1. The van der Waals surface area contributed by atoms with Crippen LogP contribution in [0.15, 0.2) is 60.0 Å². The number of likely N-dealkylation sites (tertiary alicyclic amines) is 1. The van der Waals surface area contributed by atoms with Gasteiger partial charge in [0.05, 0.1) is 29.3 Å². The summed E-state index contributed by atoms with van der Waals surface area (Å²) in [6, 6.07) is 12.0. The van der Waals surface area contributed by atoms with Gasteiger partial charge in [-0.05, 0) is 68.2 Å². The van der Waals surface area contributed by atoms with Gasteiger partial charge in [-0.3, -0.25) is 24.7 Å². The number of anilines is 2. The SMILES string of the molecule is CC1N=C(C(=O)Nc2ccc(CN3CCCCC3)nc2)c2cc(-c3cncc(N)c3)ccc2C1C. The van der Waals surface area contributed by atoms with E-state index in [1.807, 2.05) is 31.2 Å². The zero-order valence-electron chi connectivity index (χ0n) is 20.4. The summed E-state index contributed by atoms with van der Waals surface area (Å²) in [7, 11) is 0.